The Balaban J connectivity index is 2.00. The summed E-state index contributed by atoms with van der Waals surface area (Å²) in [4.78, 5) is 2.62. The molecule has 4 heteroatoms. The van der Waals surface area contributed by atoms with Gasteiger partial charge >= 0.3 is 0 Å². The normalized spacial score (nSPS) is 27.1. The second-order valence-electron chi connectivity index (χ2n) is 6.39. The number of nitrogens with two attached hydrogens (primary N) is 1. The van der Waals surface area contributed by atoms with Crippen LogP contribution in [0.4, 0.5) is 0 Å². The van der Waals surface area contributed by atoms with E-state index in [4.69, 9.17) is 5.73 Å². The van der Waals surface area contributed by atoms with Crippen LogP contribution >= 0.6 is 0 Å². The van der Waals surface area contributed by atoms with Crippen LogP contribution in [0.2, 0.25) is 0 Å². The topological polar surface area (TPSA) is 47.1 Å². The highest BCUT2D eigenvalue weighted by atomic mass is 15.3. The van der Waals surface area contributed by atoms with E-state index in [1.807, 2.05) is 17.9 Å². The van der Waals surface area contributed by atoms with E-state index in [9.17, 15) is 0 Å². The molecule has 1 aromatic heterocycles. The van der Waals surface area contributed by atoms with Gasteiger partial charge in [-0.2, -0.15) is 5.10 Å². The molecule has 0 atom stereocenters. The number of nitrogens with zero attached hydrogens (tertiary/aromatic N) is 3. The van der Waals surface area contributed by atoms with Crippen molar-refractivity contribution >= 4 is 0 Å². The van der Waals surface area contributed by atoms with Crippen molar-refractivity contribution in [2.45, 2.75) is 51.5 Å². The first-order valence-corrected chi connectivity index (χ1v) is 8.03. The lowest BCUT2D eigenvalue weighted by Crippen LogP contribution is -2.56. The summed E-state index contributed by atoms with van der Waals surface area (Å²) < 4.78 is 1.98. The van der Waals surface area contributed by atoms with Gasteiger partial charge in [0, 0.05) is 44.0 Å². The van der Waals surface area contributed by atoms with Gasteiger partial charge in [-0.05, 0) is 44.2 Å². The zero-order valence-electron chi connectivity index (χ0n) is 13.3. The van der Waals surface area contributed by atoms with Crippen LogP contribution in [0.15, 0.2) is 12.3 Å². The minimum atomic E-state index is 0.236. The number of aryl methyl sites for hydroxylation is 1. The molecule has 0 aromatic carbocycles. The third-order valence-electron chi connectivity index (χ3n) is 5.20. The first-order valence-electron chi connectivity index (χ1n) is 8.03. The standard InChI is InChI=1S/C16H30N4/c1-4-20(12-8-15-7-11-18-19(15)3)16(13-17)9-5-14(2)6-10-16/h7,11,14H,4-6,8-10,12-13,17H2,1-3H3. The Kier molecular flexibility index (Phi) is 5.22. The van der Waals surface area contributed by atoms with Gasteiger partial charge in [-0.3, -0.25) is 9.58 Å². The average molecular weight is 278 g/mol. The molecule has 20 heavy (non-hydrogen) atoms. The van der Waals surface area contributed by atoms with Gasteiger partial charge < -0.3 is 5.73 Å². The first-order chi connectivity index (χ1) is 9.61. The summed E-state index contributed by atoms with van der Waals surface area (Å²) in [5.41, 5.74) is 7.72. The van der Waals surface area contributed by atoms with Crippen molar-refractivity contribution in [3.63, 3.8) is 0 Å². The Morgan fingerprint density at radius 2 is 2.15 bits per heavy atom. The predicted octanol–water partition coefficient (Wildman–Crippen LogP) is 2.19. The van der Waals surface area contributed by atoms with Crippen LogP contribution in [-0.4, -0.2) is 39.9 Å². The van der Waals surface area contributed by atoms with Crippen LogP contribution in [0.25, 0.3) is 0 Å². The smallest absolute Gasteiger partial charge is 0.0492 e. The zero-order valence-corrected chi connectivity index (χ0v) is 13.3. The highest BCUT2D eigenvalue weighted by Crippen LogP contribution is 2.35. The van der Waals surface area contributed by atoms with Crippen molar-refractivity contribution in [1.82, 2.24) is 14.7 Å². The second-order valence-corrected chi connectivity index (χ2v) is 6.39. The highest BCUT2D eigenvalue weighted by molar-refractivity contribution is 5.02. The molecular formula is C16H30N4. The Labute approximate surface area is 123 Å². The van der Waals surface area contributed by atoms with E-state index < -0.39 is 0 Å². The maximum Gasteiger partial charge on any atom is 0.0492 e. The minimum Gasteiger partial charge on any atom is -0.329 e. The second kappa shape index (κ2) is 6.72. The lowest BCUT2D eigenvalue weighted by molar-refractivity contribution is 0.0496. The quantitative estimate of drug-likeness (QED) is 0.867. The van der Waals surface area contributed by atoms with Crippen molar-refractivity contribution < 1.29 is 0 Å². The molecule has 1 heterocycles. The van der Waals surface area contributed by atoms with Gasteiger partial charge in [0.25, 0.3) is 0 Å². The maximum absolute atomic E-state index is 6.18. The Morgan fingerprint density at radius 3 is 2.65 bits per heavy atom. The molecular weight excluding hydrogens is 248 g/mol. The maximum atomic E-state index is 6.18. The number of hydrogen-bond donors (Lipinski definition) is 1. The van der Waals surface area contributed by atoms with E-state index in [2.05, 4.69) is 29.9 Å². The highest BCUT2D eigenvalue weighted by Gasteiger charge is 2.37. The van der Waals surface area contributed by atoms with Crippen molar-refractivity contribution in [3.05, 3.63) is 18.0 Å². The fourth-order valence-electron chi connectivity index (χ4n) is 3.58. The molecule has 1 saturated carbocycles. The molecule has 0 radical (unpaired) electrons. The zero-order chi connectivity index (χ0) is 14.6. The minimum absolute atomic E-state index is 0.236. The molecule has 0 spiro atoms. The number of likely N-dealkylation sites (N-methyl/N-ethyl adjacent to an activating group) is 1. The van der Waals surface area contributed by atoms with Gasteiger partial charge in [0.1, 0.15) is 0 Å². The third kappa shape index (κ3) is 3.23. The van der Waals surface area contributed by atoms with Crippen molar-refractivity contribution in [2.75, 3.05) is 19.6 Å². The molecule has 1 aromatic rings. The van der Waals surface area contributed by atoms with Gasteiger partial charge in [-0.15, -0.1) is 0 Å². The van der Waals surface area contributed by atoms with Gasteiger partial charge in [-0.1, -0.05) is 13.8 Å². The predicted molar refractivity (Wildman–Crippen MR) is 83.6 cm³/mol. The first kappa shape index (κ1) is 15.5. The molecule has 0 saturated heterocycles. The summed E-state index contributed by atoms with van der Waals surface area (Å²) in [6, 6.07) is 2.12. The summed E-state index contributed by atoms with van der Waals surface area (Å²) in [7, 11) is 2.02. The van der Waals surface area contributed by atoms with Crippen LogP contribution in [0.5, 0.6) is 0 Å². The lowest BCUT2D eigenvalue weighted by atomic mass is 9.76. The number of hydrogen-bond acceptors (Lipinski definition) is 3. The number of aromatic nitrogens is 2. The van der Waals surface area contributed by atoms with Crippen molar-refractivity contribution in [3.8, 4) is 0 Å². The van der Waals surface area contributed by atoms with Crippen LogP contribution in [-0.2, 0) is 13.5 Å². The van der Waals surface area contributed by atoms with E-state index in [0.29, 0.717) is 0 Å². The van der Waals surface area contributed by atoms with E-state index in [1.165, 1.54) is 31.4 Å². The SMILES string of the molecule is CCN(CCc1ccnn1C)C1(CN)CCC(C)CC1. The molecule has 2 rings (SSSR count). The van der Waals surface area contributed by atoms with Crippen LogP contribution in [0, 0.1) is 5.92 Å². The molecule has 0 unspecified atom stereocenters. The molecule has 0 aliphatic heterocycles. The summed E-state index contributed by atoms with van der Waals surface area (Å²) in [5.74, 6) is 0.866. The average Bonchev–Trinajstić information content (AvgIpc) is 2.87. The van der Waals surface area contributed by atoms with Crippen LogP contribution in [0.1, 0.15) is 45.2 Å². The molecule has 0 amide bonds. The van der Waals surface area contributed by atoms with Gasteiger partial charge in [0.15, 0.2) is 0 Å². The van der Waals surface area contributed by atoms with E-state index in [-0.39, 0.29) is 5.54 Å². The van der Waals surface area contributed by atoms with Crippen LogP contribution < -0.4 is 5.73 Å². The molecule has 114 valence electrons. The fraction of sp³-hybridized carbons (Fsp3) is 0.812. The molecule has 1 aliphatic carbocycles. The van der Waals surface area contributed by atoms with Gasteiger partial charge in [0.2, 0.25) is 0 Å². The Hall–Kier alpha value is -0.870. The van der Waals surface area contributed by atoms with Crippen molar-refractivity contribution in [1.29, 1.82) is 0 Å². The van der Waals surface area contributed by atoms with Crippen molar-refractivity contribution in [2.24, 2.45) is 18.7 Å². The Bertz CT molecular complexity index is 404. The lowest BCUT2D eigenvalue weighted by Gasteiger charge is -2.47. The number of rotatable bonds is 6. The fourth-order valence-corrected chi connectivity index (χ4v) is 3.58. The summed E-state index contributed by atoms with van der Waals surface area (Å²) in [6.45, 7) is 7.59. The summed E-state index contributed by atoms with van der Waals surface area (Å²) in [6.07, 6.45) is 8.08. The molecule has 1 aliphatic rings. The molecule has 2 N–H and O–H groups in total. The Morgan fingerprint density at radius 1 is 1.45 bits per heavy atom. The third-order valence-corrected chi connectivity index (χ3v) is 5.20. The van der Waals surface area contributed by atoms with E-state index in [1.54, 1.807) is 0 Å². The van der Waals surface area contributed by atoms with Crippen LogP contribution in [0.3, 0.4) is 0 Å². The van der Waals surface area contributed by atoms with Gasteiger partial charge in [-0.25, -0.2) is 0 Å². The molecule has 0 bridgehead atoms. The summed E-state index contributed by atoms with van der Waals surface area (Å²) >= 11 is 0. The molecule has 1 fully saturated rings. The largest absolute Gasteiger partial charge is 0.329 e. The van der Waals surface area contributed by atoms with E-state index in [0.717, 1.165) is 32.0 Å². The summed E-state index contributed by atoms with van der Waals surface area (Å²) in [5, 5.41) is 4.25. The monoisotopic (exact) mass is 278 g/mol. The van der Waals surface area contributed by atoms with E-state index >= 15 is 0 Å². The molecule has 4 nitrogen and oxygen atoms in total. The van der Waals surface area contributed by atoms with Gasteiger partial charge in [0.05, 0.1) is 0 Å².